The van der Waals surface area contributed by atoms with Crippen LogP contribution in [0.5, 0.6) is 0 Å². The van der Waals surface area contributed by atoms with Crippen LogP contribution in [0.1, 0.15) is 20.3 Å². The second-order valence-corrected chi connectivity index (χ2v) is 4.42. The average Bonchev–Trinajstić information content (AvgIpc) is 2.15. The van der Waals surface area contributed by atoms with Crippen molar-refractivity contribution in [1.82, 2.24) is 5.32 Å². The van der Waals surface area contributed by atoms with Crippen LogP contribution >= 0.6 is 11.6 Å². The van der Waals surface area contributed by atoms with Crippen LogP contribution in [0.4, 0.5) is 4.39 Å². The fourth-order valence-corrected chi connectivity index (χ4v) is 1.55. The summed E-state index contributed by atoms with van der Waals surface area (Å²) < 4.78 is 13.4. The molecule has 1 N–H and O–H groups in total. The van der Waals surface area contributed by atoms with Crippen molar-refractivity contribution < 1.29 is 9.18 Å². The van der Waals surface area contributed by atoms with Gasteiger partial charge in [-0.2, -0.15) is 0 Å². The second-order valence-electron chi connectivity index (χ2n) is 3.98. The number of allylic oxidation sites excluding steroid dienone is 5. The summed E-state index contributed by atoms with van der Waals surface area (Å²) in [5.74, 6) is -0.884. The highest BCUT2D eigenvalue weighted by atomic mass is 35.5. The van der Waals surface area contributed by atoms with Gasteiger partial charge in [0.1, 0.15) is 5.83 Å². The third-order valence-electron chi connectivity index (χ3n) is 2.11. The van der Waals surface area contributed by atoms with Gasteiger partial charge in [0.05, 0.1) is 0 Å². The Morgan fingerprint density at radius 1 is 1.69 bits per heavy atom. The van der Waals surface area contributed by atoms with Gasteiger partial charge >= 0.3 is 0 Å². The van der Waals surface area contributed by atoms with Crippen LogP contribution < -0.4 is 5.32 Å². The summed E-state index contributed by atoms with van der Waals surface area (Å²) in [5.41, 5.74) is 0. The first-order chi connectivity index (χ1) is 7.49. The topological polar surface area (TPSA) is 29.1 Å². The van der Waals surface area contributed by atoms with E-state index in [0.717, 1.165) is 0 Å². The molecule has 4 heteroatoms. The molecule has 0 saturated heterocycles. The van der Waals surface area contributed by atoms with E-state index in [4.69, 9.17) is 11.6 Å². The van der Waals surface area contributed by atoms with Crippen LogP contribution in [0.25, 0.3) is 0 Å². The minimum atomic E-state index is -0.375. The quantitative estimate of drug-likeness (QED) is 0.759. The van der Waals surface area contributed by atoms with Gasteiger partial charge in [0.15, 0.2) is 0 Å². The molecule has 2 nitrogen and oxygen atoms in total. The number of rotatable bonds is 3. The molecule has 1 rings (SSSR count). The summed E-state index contributed by atoms with van der Waals surface area (Å²) in [4.78, 5) is 11.3. The Kier molecular flexibility index (Phi) is 4.74. The van der Waals surface area contributed by atoms with Crippen molar-refractivity contribution in [3.05, 3.63) is 35.2 Å². The van der Waals surface area contributed by atoms with Gasteiger partial charge < -0.3 is 5.32 Å². The van der Waals surface area contributed by atoms with Gasteiger partial charge in [-0.25, -0.2) is 4.39 Å². The Bertz CT molecular complexity index is 358. The number of hydrogen-bond donors (Lipinski definition) is 1. The molecule has 0 heterocycles. The fraction of sp³-hybridized carbons (Fsp3) is 0.417. The third kappa shape index (κ3) is 4.19. The van der Waals surface area contributed by atoms with Crippen molar-refractivity contribution in [2.75, 3.05) is 0 Å². The molecule has 1 amide bonds. The van der Waals surface area contributed by atoms with Gasteiger partial charge in [-0.15, -0.1) is 0 Å². The molecular formula is C12H15ClFNO. The second kappa shape index (κ2) is 5.85. The highest BCUT2D eigenvalue weighted by Crippen LogP contribution is 2.27. The maximum atomic E-state index is 13.4. The van der Waals surface area contributed by atoms with E-state index in [1.165, 1.54) is 12.2 Å². The summed E-state index contributed by atoms with van der Waals surface area (Å²) in [6.45, 7) is 3.74. The van der Waals surface area contributed by atoms with Gasteiger partial charge in [0.25, 0.3) is 0 Å². The minimum Gasteiger partial charge on any atom is -0.350 e. The van der Waals surface area contributed by atoms with E-state index in [-0.39, 0.29) is 23.7 Å². The van der Waals surface area contributed by atoms with Crippen LogP contribution in [0, 0.1) is 5.92 Å². The molecule has 1 aliphatic rings. The van der Waals surface area contributed by atoms with Crippen molar-refractivity contribution in [3.8, 4) is 0 Å². The molecule has 0 aromatic carbocycles. The first-order valence-corrected chi connectivity index (χ1v) is 5.58. The number of carbonyl (C=O) groups is 1. The summed E-state index contributed by atoms with van der Waals surface area (Å²) in [7, 11) is 0. The van der Waals surface area contributed by atoms with Crippen LogP contribution in [-0.4, -0.2) is 11.9 Å². The van der Waals surface area contributed by atoms with Crippen LogP contribution in [0.2, 0.25) is 0 Å². The van der Waals surface area contributed by atoms with Crippen molar-refractivity contribution >= 4 is 17.5 Å². The predicted octanol–water partition coefficient (Wildman–Crippen LogP) is 3.06. The maximum Gasteiger partial charge on any atom is 0.243 e. The zero-order chi connectivity index (χ0) is 12.1. The first kappa shape index (κ1) is 13.0. The molecule has 0 aromatic rings. The summed E-state index contributed by atoms with van der Waals surface area (Å²) >= 11 is 5.65. The lowest BCUT2D eigenvalue weighted by atomic mass is 9.99. The molecular weight excluding hydrogens is 229 g/mol. The Labute approximate surface area is 99.9 Å². The van der Waals surface area contributed by atoms with Crippen molar-refractivity contribution in [3.63, 3.8) is 0 Å². The summed E-state index contributed by atoms with van der Waals surface area (Å²) in [6.07, 6.45) is 6.43. The standard InChI is InChI=1S/C12H15ClFNO/c1-8(2)15-12(16)6-4-9-3-5-10(13)7-11(9)14/h4-9H,3H2,1-2H3,(H,15,16)/b6-4+. The molecule has 0 saturated carbocycles. The predicted molar refractivity (Wildman–Crippen MR) is 63.7 cm³/mol. The maximum absolute atomic E-state index is 13.4. The zero-order valence-corrected chi connectivity index (χ0v) is 10.1. The van der Waals surface area contributed by atoms with Crippen molar-refractivity contribution in [1.29, 1.82) is 0 Å². The molecule has 0 aliphatic heterocycles. The molecule has 0 aromatic heterocycles. The molecule has 0 spiro atoms. The number of halogens is 2. The largest absolute Gasteiger partial charge is 0.350 e. The van der Waals surface area contributed by atoms with Crippen molar-refractivity contribution in [2.45, 2.75) is 26.3 Å². The third-order valence-corrected chi connectivity index (χ3v) is 2.37. The normalized spacial score (nSPS) is 20.9. The van der Waals surface area contributed by atoms with Crippen molar-refractivity contribution in [2.24, 2.45) is 5.92 Å². The Balaban J connectivity index is 2.53. The van der Waals surface area contributed by atoms with Gasteiger partial charge in [-0.3, -0.25) is 4.79 Å². The number of carbonyl (C=O) groups excluding carboxylic acids is 1. The summed E-state index contributed by atoms with van der Waals surface area (Å²) in [6, 6.07) is 0.0817. The lowest BCUT2D eigenvalue weighted by Gasteiger charge is -2.12. The number of hydrogen-bond acceptors (Lipinski definition) is 1. The van der Waals surface area contributed by atoms with Gasteiger partial charge in [0.2, 0.25) is 5.91 Å². The zero-order valence-electron chi connectivity index (χ0n) is 9.34. The van der Waals surface area contributed by atoms with E-state index >= 15 is 0 Å². The fourth-order valence-electron chi connectivity index (χ4n) is 1.36. The molecule has 1 aliphatic carbocycles. The van der Waals surface area contributed by atoms with E-state index in [2.05, 4.69) is 5.32 Å². The molecule has 1 unspecified atom stereocenters. The Hall–Kier alpha value is -1.09. The molecule has 16 heavy (non-hydrogen) atoms. The highest BCUT2D eigenvalue weighted by molar-refractivity contribution is 6.31. The monoisotopic (exact) mass is 243 g/mol. The van der Waals surface area contributed by atoms with Gasteiger partial charge in [-0.05, 0) is 32.4 Å². The molecule has 0 bridgehead atoms. The number of amides is 1. The molecule has 1 atom stereocenters. The number of nitrogens with one attached hydrogen (secondary N) is 1. The smallest absolute Gasteiger partial charge is 0.243 e. The molecule has 0 fully saturated rings. The van der Waals surface area contributed by atoms with Gasteiger partial charge in [0, 0.05) is 17.0 Å². The van der Waals surface area contributed by atoms with Crippen LogP contribution in [0.3, 0.4) is 0 Å². The Morgan fingerprint density at radius 2 is 2.38 bits per heavy atom. The van der Waals surface area contributed by atoms with Gasteiger partial charge in [-0.1, -0.05) is 23.8 Å². The van der Waals surface area contributed by atoms with Crippen LogP contribution in [0.15, 0.2) is 35.2 Å². The molecule has 88 valence electrons. The minimum absolute atomic E-state index is 0.0817. The van der Waals surface area contributed by atoms with E-state index in [1.807, 2.05) is 13.8 Å². The van der Waals surface area contributed by atoms with E-state index in [0.29, 0.717) is 11.5 Å². The lowest BCUT2D eigenvalue weighted by Crippen LogP contribution is -2.28. The van der Waals surface area contributed by atoms with Crippen LogP contribution in [-0.2, 0) is 4.79 Å². The average molecular weight is 244 g/mol. The Morgan fingerprint density at radius 3 is 2.94 bits per heavy atom. The first-order valence-electron chi connectivity index (χ1n) is 5.20. The highest BCUT2D eigenvalue weighted by Gasteiger charge is 2.14. The van der Waals surface area contributed by atoms with E-state index in [9.17, 15) is 9.18 Å². The summed E-state index contributed by atoms with van der Waals surface area (Å²) in [5, 5.41) is 3.11. The lowest BCUT2D eigenvalue weighted by molar-refractivity contribution is -0.116. The molecule has 0 radical (unpaired) electrons. The SMILES string of the molecule is CC(C)NC(=O)/C=C/C1CC=C(Cl)C=C1F. The van der Waals surface area contributed by atoms with E-state index in [1.54, 1.807) is 12.2 Å². The van der Waals surface area contributed by atoms with E-state index < -0.39 is 0 Å².